The standard InChI is InChI=1S/C15H20F3N/c1-2-10-4-3-5-12(6-10)19-9-11-7-13(16)15(18)14(17)8-11/h7-8,10,12,19H,2-6,9H2,1H3. The van der Waals surface area contributed by atoms with Gasteiger partial charge in [0.25, 0.3) is 0 Å². The van der Waals surface area contributed by atoms with Crippen molar-refractivity contribution in [2.75, 3.05) is 0 Å². The van der Waals surface area contributed by atoms with Crippen LogP contribution in [0.2, 0.25) is 0 Å². The summed E-state index contributed by atoms with van der Waals surface area (Å²) in [7, 11) is 0. The second-order valence-corrected chi connectivity index (χ2v) is 5.39. The quantitative estimate of drug-likeness (QED) is 0.811. The fourth-order valence-corrected chi connectivity index (χ4v) is 2.82. The molecule has 2 atom stereocenters. The summed E-state index contributed by atoms with van der Waals surface area (Å²) in [6.45, 7) is 2.58. The Morgan fingerprint density at radius 3 is 2.47 bits per heavy atom. The van der Waals surface area contributed by atoms with Crippen molar-refractivity contribution in [3.8, 4) is 0 Å². The minimum absolute atomic E-state index is 0.384. The molecule has 106 valence electrons. The zero-order valence-corrected chi connectivity index (χ0v) is 11.2. The lowest BCUT2D eigenvalue weighted by atomic mass is 9.84. The van der Waals surface area contributed by atoms with Gasteiger partial charge in [0.15, 0.2) is 17.5 Å². The van der Waals surface area contributed by atoms with Gasteiger partial charge in [0.2, 0.25) is 0 Å². The molecular formula is C15H20F3N. The van der Waals surface area contributed by atoms with Crippen LogP contribution in [0.4, 0.5) is 13.2 Å². The molecule has 19 heavy (non-hydrogen) atoms. The third-order valence-corrected chi connectivity index (χ3v) is 4.00. The Hall–Kier alpha value is -1.03. The van der Waals surface area contributed by atoms with Crippen molar-refractivity contribution in [1.82, 2.24) is 5.32 Å². The maximum absolute atomic E-state index is 13.1. The molecule has 1 aromatic rings. The van der Waals surface area contributed by atoms with E-state index in [1.807, 2.05) is 0 Å². The maximum Gasteiger partial charge on any atom is 0.194 e. The van der Waals surface area contributed by atoms with Gasteiger partial charge in [0, 0.05) is 12.6 Å². The van der Waals surface area contributed by atoms with Gasteiger partial charge in [0.05, 0.1) is 0 Å². The highest BCUT2D eigenvalue weighted by molar-refractivity contribution is 5.19. The van der Waals surface area contributed by atoms with E-state index in [4.69, 9.17) is 0 Å². The van der Waals surface area contributed by atoms with Gasteiger partial charge in [-0.25, -0.2) is 13.2 Å². The number of hydrogen-bond donors (Lipinski definition) is 1. The van der Waals surface area contributed by atoms with Crippen LogP contribution in [0.3, 0.4) is 0 Å². The van der Waals surface area contributed by atoms with E-state index in [1.165, 1.54) is 19.3 Å². The van der Waals surface area contributed by atoms with Gasteiger partial charge in [-0.1, -0.05) is 26.2 Å². The Balaban J connectivity index is 1.91. The lowest BCUT2D eigenvalue weighted by molar-refractivity contribution is 0.278. The van der Waals surface area contributed by atoms with Crippen LogP contribution in [0.25, 0.3) is 0 Å². The second kappa shape index (κ2) is 6.42. The molecule has 1 nitrogen and oxygen atoms in total. The van der Waals surface area contributed by atoms with Crippen LogP contribution in [0, 0.1) is 23.4 Å². The van der Waals surface area contributed by atoms with Crippen LogP contribution >= 0.6 is 0 Å². The summed E-state index contributed by atoms with van der Waals surface area (Å²) in [6.07, 6.45) is 5.86. The summed E-state index contributed by atoms with van der Waals surface area (Å²) in [5.74, 6) is -2.89. The first-order valence-electron chi connectivity index (χ1n) is 6.97. The molecular weight excluding hydrogens is 251 g/mol. The predicted molar refractivity (Wildman–Crippen MR) is 69.2 cm³/mol. The highest BCUT2D eigenvalue weighted by Crippen LogP contribution is 2.26. The normalized spacial score (nSPS) is 23.6. The highest BCUT2D eigenvalue weighted by Gasteiger charge is 2.20. The summed E-state index contributed by atoms with van der Waals surface area (Å²) in [5.41, 5.74) is 0.454. The fourth-order valence-electron chi connectivity index (χ4n) is 2.82. The summed E-state index contributed by atoms with van der Waals surface area (Å²) in [4.78, 5) is 0. The highest BCUT2D eigenvalue weighted by atomic mass is 19.2. The van der Waals surface area contributed by atoms with Gasteiger partial charge in [-0.05, 0) is 36.5 Å². The van der Waals surface area contributed by atoms with Crippen LogP contribution in [-0.4, -0.2) is 6.04 Å². The Morgan fingerprint density at radius 2 is 1.84 bits per heavy atom. The van der Waals surface area contributed by atoms with Crippen LogP contribution < -0.4 is 5.32 Å². The van der Waals surface area contributed by atoms with Crippen molar-refractivity contribution in [2.45, 2.75) is 51.6 Å². The smallest absolute Gasteiger partial charge is 0.194 e. The van der Waals surface area contributed by atoms with Crippen molar-refractivity contribution in [2.24, 2.45) is 5.92 Å². The second-order valence-electron chi connectivity index (χ2n) is 5.39. The van der Waals surface area contributed by atoms with Gasteiger partial charge in [-0.15, -0.1) is 0 Å². The van der Waals surface area contributed by atoms with Crippen LogP contribution in [0.5, 0.6) is 0 Å². The average molecular weight is 271 g/mol. The molecule has 0 bridgehead atoms. The molecule has 0 radical (unpaired) electrons. The average Bonchev–Trinajstić information content (AvgIpc) is 2.42. The van der Waals surface area contributed by atoms with E-state index in [1.54, 1.807) is 0 Å². The molecule has 2 rings (SSSR count). The molecule has 0 amide bonds. The van der Waals surface area contributed by atoms with Gasteiger partial charge >= 0.3 is 0 Å². The summed E-state index contributed by atoms with van der Waals surface area (Å²) >= 11 is 0. The first kappa shape index (κ1) is 14.4. The molecule has 0 saturated heterocycles. The van der Waals surface area contributed by atoms with Crippen molar-refractivity contribution in [3.63, 3.8) is 0 Å². The van der Waals surface area contributed by atoms with Gasteiger partial charge in [-0.2, -0.15) is 0 Å². The van der Waals surface area contributed by atoms with Crippen LogP contribution in [-0.2, 0) is 6.54 Å². The lowest BCUT2D eigenvalue weighted by Crippen LogP contribution is -2.33. The third kappa shape index (κ3) is 3.72. The molecule has 1 fully saturated rings. The van der Waals surface area contributed by atoms with E-state index in [-0.39, 0.29) is 0 Å². The molecule has 4 heteroatoms. The van der Waals surface area contributed by atoms with Gasteiger partial charge in [-0.3, -0.25) is 0 Å². The van der Waals surface area contributed by atoms with E-state index in [2.05, 4.69) is 12.2 Å². The van der Waals surface area contributed by atoms with E-state index >= 15 is 0 Å². The van der Waals surface area contributed by atoms with Gasteiger partial charge < -0.3 is 5.32 Å². The van der Waals surface area contributed by atoms with E-state index in [9.17, 15) is 13.2 Å². The minimum Gasteiger partial charge on any atom is -0.310 e. The summed E-state index contributed by atoms with van der Waals surface area (Å²) < 4.78 is 39.0. The number of benzene rings is 1. The maximum atomic E-state index is 13.1. The van der Waals surface area contributed by atoms with Crippen LogP contribution in [0.15, 0.2) is 12.1 Å². The molecule has 1 N–H and O–H groups in total. The Morgan fingerprint density at radius 1 is 1.16 bits per heavy atom. The van der Waals surface area contributed by atoms with E-state index in [0.29, 0.717) is 18.2 Å². The number of halogens is 3. The Kier molecular flexibility index (Phi) is 4.86. The first-order valence-corrected chi connectivity index (χ1v) is 6.97. The molecule has 1 aliphatic carbocycles. The first-order chi connectivity index (χ1) is 9.10. The zero-order chi connectivity index (χ0) is 13.8. The molecule has 2 unspecified atom stereocenters. The largest absolute Gasteiger partial charge is 0.310 e. The van der Waals surface area contributed by atoms with Crippen molar-refractivity contribution < 1.29 is 13.2 Å². The van der Waals surface area contributed by atoms with Crippen molar-refractivity contribution in [3.05, 3.63) is 35.1 Å². The molecule has 1 aromatic carbocycles. The van der Waals surface area contributed by atoms with E-state index in [0.717, 1.165) is 30.9 Å². The molecule has 0 spiro atoms. The number of rotatable bonds is 4. The monoisotopic (exact) mass is 271 g/mol. The summed E-state index contributed by atoms with van der Waals surface area (Å²) in [6, 6.07) is 2.52. The molecule has 1 aliphatic rings. The topological polar surface area (TPSA) is 12.0 Å². The lowest BCUT2D eigenvalue weighted by Gasteiger charge is -2.29. The van der Waals surface area contributed by atoms with Crippen molar-refractivity contribution in [1.29, 1.82) is 0 Å². The molecule has 1 saturated carbocycles. The Bertz CT molecular complexity index is 410. The zero-order valence-electron chi connectivity index (χ0n) is 11.2. The SMILES string of the molecule is CCC1CCCC(NCc2cc(F)c(F)c(F)c2)C1. The Labute approximate surface area is 112 Å². The minimum atomic E-state index is -1.40. The number of nitrogens with one attached hydrogen (secondary N) is 1. The molecule has 0 heterocycles. The number of hydrogen-bond acceptors (Lipinski definition) is 1. The van der Waals surface area contributed by atoms with Crippen molar-refractivity contribution >= 4 is 0 Å². The summed E-state index contributed by atoms with van der Waals surface area (Å²) in [5, 5.41) is 3.32. The van der Waals surface area contributed by atoms with Gasteiger partial charge in [0.1, 0.15) is 0 Å². The van der Waals surface area contributed by atoms with Crippen LogP contribution in [0.1, 0.15) is 44.6 Å². The van der Waals surface area contributed by atoms with E-state index < -0.39 is 17.5 Å². The fraction of sp³-hybridized carbons (Fsp3) is 0.600. The molecule has 0 aliphatic heterocycles. The molecule has 0 aromatic heterocycles. The third-order valence-electron chi connectivity index (χ3n) is 4.00. The predicted octanol–water partition coefficient (Wildman–Crippen LogP) is 4.16.